The first-order valence-corrected chi connectivity index (χ1v) is 9.12. The summed E-state index contributed by atoms with van der Waals surface area (Å²) in [6.07, 6.45) is 5.45. The first kappa shape index (κ1) is 15.2. The van der Waals surface area contributed by atoms with Crippen LogP contribution in [0.4, 0.5) is 5.82 Å². The first-order chi connectivity index (χ1) is 10.4. The Morgan fingerprint density at radius 2 is 2.18 bits per heavy atom. The Morgan fingerprint density at radius 3 is 2.91 bits per heavy atom. The summed E-state index contributed by atoms with van der Waals surface area (Å²) in [5, 5.41) is 4.32. The van der Waals surface area contributed by atoms with E-state index in [0.29, 0.717) is 6.42 Å². The van der Waals surface area contributed by atoms with Crippen LogP contribution in [0.15, 0.2) is 18.6 Å². The number of sulfonamides is 1. The lowest BCUT2D eigenvalue weighted by Gasteiger charge is -2.45. The number of nitrogens with zero attached hydrogens (tertiary/aromatic N) is 2. The predicted octanol–water partition coefficient (Wildman–Crippen LogP) is 1.62. The highest BCUT2D eigenvalue weighted by molar-refractivity contribution is 7.89. The van der Waals surface area contributed by atoms with Crippen molar-refractivity contribution in [2.75, 3.05) is 11.1 Å². The van der Waals surface area contributed by atoms with Gasteiger partial charge in [0.05, 0.1) is 11.1 Å². The molecule has 0 spiro atoms. The molecule has 0 aliphatic heterocycles. The maximum absolute atomic E-state index is 11.9. The Bertz CT molecular complexity index is 764. The fraction of sp³-hybridized carbons (Fsp3) is 0.571. The lowest BCUT2D eigenvalue weighted by Crippen LogP contribution is -2.59. The van der Waals surface area contributed by atoms with Crippen molar-refractivity contribution in [3.63, 3.8) is 0 Å². The monoisotopic (exact) mass is 323 g/mol. The SMILES string of the molecule is CCCS(=O)(=O)NC1(C)CC(Nc2ncnc3[nH]ccc23)C1. The van der Waals surface area contributed by atoms with Gasteiger partial charge in [0.2, 0.25) is 10.0 Å². The quantitative estimate of drug-likeness (QED) is 0.750. The lowest BCUT2D eigenvalue weighted by atomic mass is 9.75. The third-order valence-corrected chi connectivity index (χ3v) is 5.71. The number of hydrogen-bond acceptors (Lipinski definition) is 5. The Morgan fingerprint density at radius 1 is 1.41 bits per heavy atom. The highest BCUT2D eigenvalue weighted by Gasteiger charge is 2.43. The van der Waals surface area contributed by atoms with Crippen LogP contribution in [0.3, 0.4) is 0 Å². The van der Waals surface area contributed by atoms with Crippen molar-refractivity contribution in [3.05, 3.63) is 18.6 Å². The molecule has 2 heterocycles. The molecule has 0 unspecified atom stereocenters. The minimum atomic E-state index is -3.18. The van der Waals surface area contributed by atoms with Crippen molar-refractivity contribution in [3.8, 4) is 0 Å². The molecule has 0 atom stereocenters. The van der Waals surface area contributed by atoms with Gasteiger partial charge >= 0.3 is 0 Å². The van der Waals surface area contributed by atoms with Gasteiger partial charge in [-0.3, -0.25) is 0 Å². The summed E-state index contributed by atoms with van der Waals surface area (Å²) in [6.45, 7) is 3.81. The molecule has 1 fully saturated rings. The molecule has 3 rings (SSSR count). The third kappa shape index (κ3) is 3.07. The topological polar surface area (TPSA) is 99.8 Å². The molecule has 1 aliphatic rings. The number of nitrogens with one attached hydrogen (secondary N) is 3. The average molecular weight is 323 g/mol. The van der Waals surface area contributed by atoms with E-state index in [-0.39, 0.29) is 17.3 Å². The van der Waals surface area contributed by atoms with Gasteiger partial charge < -0.3 is 10.3 Å². The van der Waals surface area contributed by atoms with Crippen LogP contribution in [-0.2, 0) is 10.0 Å². The van der Waals surface area contributed by atoms with Gasteiger partial charge in [-0.1, -0.05) is 6.92 Å². The van der Waals surface area contributed by atoms with Crippen LogP contribution >= 0.6 is 0 Å². The molecule has 120 valence electrons. The van der Waals surface area contributed by atoms with E-state index in [1.54, 1.807) is 0 Å². The second-order valence-corrected chi connectivity index (χ2v) is 8.04. The van der Waals surface area contributed by atoms with E-state index in [1.807, 2.05) is 26.1 Å². The molecule has 3 N–H and O–H groups in total. The Balaban J connectivity index is 1.63. The number of fused-ring (bicyclic) bond motifs is 1. The zero-order valence-corrected chi connectivity index (χ0v) is 13.6. The standard InChI is InChI=1S/C14H21N5O2S/c1-3-6-22(20,21)19-14(2)7-10(8-14)18-13-11-4-5-15-12(11)16-9-17-13/h4-5,9-10,19H,3,6-8H2,1-2H3,(H2,15,16,17,18). The molecule has 8 heteroatoms. The molecule has 0 saturated heterocycles. The second kappa shape index (κ2) is 5.51. The van der Waals surface area contributed by atoms with E-state index in [9.17, 15) is 8.42 Å². The Hall–Kier alpha value is -1.67. The largest absolute Gasteiger partial charge is 0.367 e. The van der Waals surface area contributed by atoms with Crippen molar-refractivity contribution in [1.29, 1.82) is 0 Å². The van der Waals surface area contributed by atoms with Crippen molar-refractivity contribution >= 4 is 26.9 Å². The number of aromatic nitrogens is 3. The van der Waals surface area contributed by atoms with E-state index >= 15 is 0 Å². The van der Waals surface area contributed by atoms with Crippen molar-refractivity contribution in [1.82, 2.24) is 19.7 Å². The van der Waals surface area contributed by atoms with Crippen LogP contribution in [0, 0.1) is 0 Å². The van der Waals surface area contributed by atoms with Crippen molar-refractivity contribution in [2.45, 2.75) is 44.7 Å². The number of anilines is 1. The van der Waals surface area contributed by atoms with Gasteiger partial charge in [-0.15, -0.1) is 0 Å². The van der Waals surface area contributed by atoms with Crippen LogP contribution in [0.1, 0.15) is 33.1 Å². The van der Waals surface area contributed by atoms with E-state index in [2.05, 4.69) is 25.0 Å². The highest BCUT2D eigenvalue weighted by atomic mass is 32.2. The number of H-pyrrole nitrogens is 1. The summed E-state index contributed by atoms with van der Waals surface area (Å²) in [5.74, 6) is 0.964. The Kier molecular flexibility index (Phi) is 3.82. The molecule has 0 aromatic carbocycles. The molecule has 7 nitrogen and oxygen atoms in total. The smallest absolute Gasteiger partial charge is 0.212 e. The summed E-state index contributed by atoms with van der Waals surface area (Å²) in [4.78, 5) is 11.5. The van der Waals surface area contributed by atoms with Crippen LogP contribution in [-0.4, -0.2) is 40.7 Å². The van der Waals surface area contributed by atoms with Crippen LogP contribution in [0.5, 0.6) is 0 Å². The first-order valence-electron chi connectivity index (χ1n) is 7.47. The molecular formula is C14H21N5O2S. The minimum absolute atomic E-state index is 0.177. The molecule has 1 saturated carbocycles. The molecule has 1 aliphatic carbocycles. The van der Waals surface area contributed by atoms with E-state index in [4.69, 9.17) is 0 Å². The molecule has 0 amide bonds. The Labute approximate surface area is 130 Å². The molecule has 2 aromatic rings. The normalized spacial score (nSPS) is 25.1. The van der Waals surface area contributed by atoms with Gasteiger partial charge in [-0.2, -0.15) is 0 Å². The van der Waals surface area contributed by atoms with Crippen LogP contribution in [0.25, 0.3) is 11.0 Å². The van der Waals surface area contributed by atoms with E-state index in [0.717, 1.165) is 29.7 Å². The number of hydrogen-bond donors (Lipinski definition) is 3. The summed E-state index contributed by atoms with van der Waals surface area (Å²) >= 11 is 0. The fourth-order valence-electron chi connectivity index (χ4n) is 3.09. The summed E-state index contributed by atoms with van der Waals surface area (Å²) in [5.41, 5.74) is 0.430. The summed E-state index contributed by atoms with van der Waals surface area (Å²) < 4.78 is 26.6. The van der Waals surface area contributed by atoms with Gasteiger partial charge in [0, 0.05) is 17.8 Å². The highest BCUT2D eigenvalue weighted by Crippen LogP contribution is 2.35. The molecular weight excluding hydrogens is 302 g/mol. The van der Waals surface area contributed by atoms with Crippen molar-refractivity contribution in [2.24, 2.45) is 0 Å². The number of rotatable bonds is 6. The fourth-order valence-corrected chi connectivity index (χ4v) is 4.65. The maximum Gasteiger partial charge on any atom is 0.212 e. The van der Waals surface area contributed by atoms with Gasteiger partial charge in [0.25, 0.3) is 0 Å². The zero-order valence-electron chi connectivity index (χ0n) is 12.8. The molecule has 2 aromatic heterocycles. The van der Waals surface area contributed by atoms with Crippen molar-refractivity contribution < 1.29 is 8.42 Å². The van der Waals surface area contributed by atoms with Crippen LogP contribution < -0.4 is 10.0 Å². The van der Waals surface area contributed by atoms with Crippen LogP contribution in [0.2, 0.25) is 0 Å². The van der Waals surface area contributed by atoms with E-state index < -0.39 is 10.0 Å². The average Bonchev–Trinajstić information content (AvgIpc) is 2.85. The number of aromatic amines is 1. The predicted molar refractivity (Wildman–Crippen MR) is 86.2 cm³/mol. The summed E-state index contributed by atoms with van der Waals surface area (Å²) in [6, 6.07) is 2.14. The molecule has 22 heavy (non-hydrogen) atoms. The van der Waals surface area contributed by atoms with Gasteiger partial charge in [-0.25, -0.2) is 23.1 Å². The maximum atomic E-state index is 11.9. The zero-order chi connectivity index (χ0) is 15.8. The van der Waals surface area contributed by atoms with Gasteiger partial charge in [0.15, 0.2) is 0 Å². The minimum Gasteiger partial charge on any atom is -0.367 e. The van der Waals surface area contributed by atoms with Gasteiger partial charge in [-0.05, 0) is 32.3 Å². The van der Waals surface area contributed by atoms with Gasteiger partial charge in [0.1, 0.15) is 17.8 Å². The second-order valence-electron chi connectivity index (χ2n) is 6.19. The van der Waals surface area contributed by atoms with E-state index in [1.165, 1.54) is 6.33 Å². The molecule has 0 radical (unpaired) electrons. The molecule has 0 bridgehead atoms. The third-order valence-electron chi connectivity index (χ3n) is 3.96. The summed E-state index contributed by atoms with van der Waals surface area (Å²) in [7, 11) is -3.18. The lowest BCUT2D eigenvalue weighted by molar-refractivity contribution is 0.222.